The van der Waals surface area contributed by atoms with E-state index in [0.717, 1.165) is 7.05 Å². The normalized spacial score (nSPS) is 28.1. The minimum absolute atomic E-state index is 0.0531. The van der Waals surface area contributed by atoms with Crippen LogP contribution in [0.15, 0.2) is 6.04 Å². The van der Waals surface area contributed by atoms with Crippen LogP contribution in [0, 0.1) is 6.92 Å². The highest BCUT2D eigenvalue weighted by Gasteiger charge is 2.23. The molecule has 1 aliphatic heterocycles. The van der Waals surface area contributed by atoms with E-state index in [0.29, 0.717) is 11.3 Å². The van der Waals surface area contributed by atoms with E-state index >= 15 is 0 Å². The number of nitrogens with zero attached hydrogens (tertiary/aromatic N) is 3. The standard InChI is InChI=1S/C20H29N5O4/c1-12-16-13(11-15(27-3)17(12)28-4)23-20(24-18(16)21)25(2)9-6-8-22-19(26)14-7-5-10-29-14/h11,14H,5-10H2,1-4H3,(H,22,26)(H2,21,23,24)/i3D3,4D3,6D2,8D2,9D2,11D,14D. The Balaban J connectivity index is 2.13. The highest BCUT2D eigenvalue weighted by Crippen LogP contribution is 2.38. The molecule has 2 heterocycles. The van der Waals surface area contributed by atoms with Crippen molar-refractivity contribution in [2.24, 2.45) is 0 Å². The summed E-state index contributed by atoms with van der Waals surface area (Å²) >= 11 is 0. The van der Waals surface area contributed by atoms with Crippen LogP contribution in [0.1, 0.15) is 44.0 Å². The number of hydrogen-bond acceptors (Lipinski definition) is 8. The summed E-state index contributed by atoms with van der Waals surface area (Å²) < 4.78 is 126. The van der Waals surface area contributed by atoms with Gasteiger partial charge in [-0.1, -0.05) is 0 Å². The molecule has 1 aromatic carbocycles. The summed E-state index contributed by atoms with van der Waals surface area (Å²) in [6.07, 6.45) is -5.51. The Kier molecular flexibility index (Phi) is 2.94. The molecule has 29 heavy (non-hydrogen) atoms. The van der Waals surface area contributed by atoms with Crippen LogP contribution in [0.5, 0.6) is 11.5 Å². The molecule has 3 rings (SSSR count). The number of carbonyl (C=O) groups excluding carboxylic acids is 1. The maximum absolute atomic E-state index is 12.6. The second-order valence-corrected chi connectivity index (χ2v) is 5.99. The van der Waals surface area contributed by atoms with Gasteiger partial charge in [-0.2, -0.15) is 4.98 Å². The number of fused-ring (bicyclic) bond motifs is 1. The van der Waals surface area contributed by atoms with Gasteiger partial charge in [-0.15, -0.1) is 0 Å². The maximum atomic E-state index is 12.6. The average molecular weight is 418 g/mol. The second kappa shape index (κ2) is 9.13. The van der Waals surface area contributed by atoms with E-state index in [1.54, 1.807) is 5.32 Å². The van der Waals surface area contributed by atoms with Crippen LogP contribution in [-0.2, 0) is 9.53 Å². The average Bonchev–Trinajstić information content (AvgIpc) is 3.29. The molecule has 9 nitrogen and oxygen atoms in total. The van der Waals surface area contributed by atoms with Gasteiger partial charge in [-0.05, 0) is 26.1 Å². The van der Waals surface area contributed by atoms with Gasteiger partial charge in [0.1, 0.15) is 11.9 Å². The first-order valence-electron chi connectivity index (χ1n) is 15.4. The Hall–Kier alpha value is -2.81. The van der Waals surface area contributed by atoms with Crippen LogP contribution in [0.2, 0.25) is 0 Å². The quantitative estimate of drug-likeness (QED) is 0.667. The van der Waals surface area contributed by atoms with Gasteiger partial charge in [-0.3, -0.25) is 4.79 Å². The predicted octanol–water partition coefficient (Wildman–Crippen LogP) is 1.66. The zero-order chi connectivity index (χ0) is 33.1. The Morgan fingerprint density at radius 1 is 1.55 bits per heavy atom. The number of carbonyl (C=O) groups is 1. The molecule has 2 aromatic rings. The molecule has 0 spiro atoms. The zero-order valence-electron chi connectivity index (χ0n) is 29.7. The van der Waals surface area contributed by atoms with Gasteiger partial charge < -0.3 is 30.2 Å². The van der Waals surface area contributed by atoms with Gasteiger partial charge in [0.05, 0.1) is 30.6 Å². The lowest BCUT2D eigenvalue weighted by molar-refractivity contribution is -0.130. The lowest BCUT2D eigenvalue weighted by Crippen LogP contribution is -2.36. The van der Waals surface area contributed by atoms with Crippen molar-refractivity contribution in [3.8, 4) is 11.5 Å². The minimum Gasteiger partial charge on any atom is -0.493 e. The molecule has 1 atom stereocenters. The minimum atomic E-state index is -3.57. The van der Waals surface area contributed by atoms with Crippen molar-refractivity contribution < 1.29 is 38.2 Å². The molecule has 9 heteroatoms. The molecule has 1 aliphatic rings. The van der Waals surface area contributed by atoms with Crippen molar-refractivity contribution in [2.45, 2.75) is 32.2 Å². The van der Waals surface area contributed by atoms with E-state index in [2.05, 4.69) is 9.97 Å². The van der Waals surface area contributed by atoms with Crippen LogP contribution in [-0.4, -0.2) is 62.7 Å². The van der Waals surface area contributed by atoms with Crippen LogP contribution in [0.3, 0.4) is 0 Å². The molecule has 1 fully saturated rings. The summed E-state index contributed by atoms with van der Waals surface area (Å²) in [5, 5.41) is 1.54. The smallest absolute Gasteiger partial charge is 0.249 e. The van der Waals surface area contributed by atoms with Gasteiger partial charge >= 0.3 is 0 Å². The number of anilines is 2. The van der Waals surface area contributed by atoms with Gasteiger partial charge in [-0.25, -0.2) is 4.98 Å². The lowest BCUT2D eigenvalue weighted by Gasteiger charge is -2.20. The number of nitrogen functional groups attached to an aromatic ring is 1. The van der Waals surface area contributed by atoms with Gasteiger partial charge in [0, 0.05) is 51.9 Å². The van der Waals surface area contributed by atoms with Gasteiger partial charge in [0.15, 0.2) is 11.5 Å². The molecule has 158 valence electrons. The molecule has 0 aliphatic carbocycles. The summed E-state index contributed by atoms with van der Waals surface area (Å²) in [5.74, 6) is -3.98. The number of ether oxygens (including phenoxy) is 3. The highest BCUT2D eigenvalue weighted by atomic mass is 16.5. The second-order valence-electron chi connectivity index (χ2n) is 5.99. The van der Waals surface area contributed by atoms with E-state index in [1.807, 2.05) is 0 Å². The van der Waals surface area contributed by atoms with E-state index in [1.165, 1.54) is 6.92 Å². The van der Waals surface area contributed by atoms with E-state index < -0.39 is 80.3 Å². The summed E-state index contributed by atoms with van der Waals surface area (Å²) in [7, 11) is -5.34. The van der Waals surface area contributed by atoms with Crippen molar-refractivity contribution in [1.29, 1.82) is 0 Å². The molecule has 1 saturated heterocycles. The summed E-state index contributed by atoms with van der Waals surface area (Å²) in [5.41, 5.74) is 5.48. The van der Waals surface area contributed by atoms with E-state index in [9.17, 15) is 4.79 Å². The zero-order valence-corrected chi connectivity index (χ0v) is 15.7. The van der Waals surface area contributed by atoms with Crippen molar-refractivity contribution in [2.75, 3.05) is 51.4 Å². The number of benzene rings is 1. The van der Waals surface area contributed by atoms with Crippen LogP contribution in [0.25, 0.3) is 10.9 Å². The molecule has 3 N–H and O–H groups in total. The first kappa shape index (κ1) is 9.34. The third kappa shape index (κ3) is 4.45. The predicted molar refractivity (Wildman–Crippen MR) is 112 cm³/mol. The summed E-state index contributed by atoms with van der Waals surface area (Å²) in [6.45, 7) is -5.48. The number of amides is 1. The van der Waals surface area contributed by atoms with Gasteiger partial charge in [0.25, 0.3) is 0 Å². The lowest BCUT2D eigenvalue weighted by atomic mass is 10.1. The van der Waals surface area contributed by atoms with Crippen molar-refractivity contribution >= 4 is 28.6 Å². The topological polar surface area (TPSA) is 112 Å². The number of aryl methyl sites for hydroxylation is 1. The number of hydrogen-bond donors (Lipinski definition) is 2. The maximum Gasteiger partial charge on any atom is 0.249 e. The van der Waals surface area contributed by atoms with E-state index in [4.69, 9.17) is 39.1 Å². The first-order chi connectivity index (χ1) is 19.3. The molecule has 1 aromatic heterocycles. The molecule has 0 bridgehead atoms. The molecular formula is C20H29N5O4. The summed E-state index contributed by atoms with van der Waals surface area (Å²) in [4.78, 5) is 21.0. The molecule has 1 unspecified atom stereocenters. The fraction of sp³-hybridized carbons (Fsp3) is 0.550. The molecule has 0 radical (unpaired) electrons. The highest BCUT2D eigenvalue weighted by molar-refractivity contribution is 5.95. The number of aromatic nitrogens is 2. The monoisotopic (exact) mass is 417 g/mol. The Morgan fingerprint density at radius 3 is 3.10 bits per heavy atom. The Morgan fingerprint density at radius 2 is 2.38 bits per heavy atom. The van der Waals surface area contributed by atoms with E-state index in [-0.39, 0.29) is 24.0 Å². The Labute approximate surface area is 190 Å². The number of methoxy groups -OCH3 is 2. The Bertz CT molecular complexity index is 1410. The largest absolute Gasteiger partial charge is 0.493 e. The molecule has 0 saturated carbocycles. The number of nitrogens with one attached hydrogen (secondary N) is 1. The van der Waals surface area contributed by atoms with Crippen LogP contribution >= 0.6 is 0 Å². The third-order valence-corrected chi connectivity index (χ3v) is 4.12. The summed E-state index contributed by atoms with van der Waals surface area (Å²) in [6, 6.07) is -0.830. The van der Waals surface area contributed by atoms with Crippen LogP contribution in [0.4, 0.5) is 11.8 Å². The van der Waals surface area contributed by atoms with Crippen LogP contribution < -0.4 is 25.4 Å². The fourth-order valence-corrected chi connectivity index (χ4v) is 2.72. The molecular weight excluding hydrogens is 374 g/mol. The van der Waals surface area contributed by atoms with Crippen molar-refractivity contribution in [3.05, 3.63) is 11.6 Å². The third-order valence-electron chi connectivity index (χ3n) is 4.12. The number of nitrogens with two attached hydrogens (primary N) is 1. The number of rotatable bonds is 8. The molecule has 1 amide bonds. The fourth-order valence-electron chi connectivity index (χ4n) is 2.72. The SMILES string of the molecule is [2H]c1c(OC([2H])([2H])[2H])c(OC([2H])([2H])[2H])c(C)c2c(N)nc(N(C)C([2H])([2H])C([2H])([2H])C([2H])([2H])NC(=O)C3([2H])CCCO3)nc12. The van der Waals surface area contributed by atoms with Crippen molar-refractivity contribution in [1.82, 2.24) is 15.3 Å². The van der Waals surface area contributed by atoms with Crippen molar-refractivity contribution in [3.63, 3.8) is 0 Å². The first-order valence-corrected chi connectivity index (χ1v) is 8.44. The van der Waals surface area contributed by atoms with Gasteiger partial charge in [0.2, 0.25) is 11.9 Å².